The average molecular weight is 343 g/mol. The van der Waals surface area contributed by atoms with E-state index in [1.54, 1.807) is 18.2 Å². The number of sulfone groups is 1. The van der Waals surface area contributed by atoms with Gasteiger partial charge in [0.2, 0.25) is 5.88 Å². The molecule has 0 fully saturated rings. The molecule has 0 aliphatic heterocycles. The van der Waals surface area contributed by atoms with Crippen LogP contribution in [0.15, 0.2) is 35.2 Å². The number of aromatic nitrogens is 1. The van der Waals surface area contributed by atoms with E-state index in [0.29, 0.717) is 15.8 Å². The van der Waals surface area contributed by atoms with E-state index in [1.165, 1.54) is 18.2 Å². The van der Waals surface area contributed by atoms with E-state index >= 15 is 0 Å². The van der Waals surface area contributed by atoms with Crippen LogP contribution in [0.3, 0.4) is 0 Å². The second-order valence-electron chi connectivity index (χ2n) is 4.06. The van der Waals surface area contributed by atoms with Gasteiger partial charge in [-0.25, -0.2) is 13.4 Å². The lowest BCUT2D eigenvalue weighted by Crippen LogP contribution is -2.03. The zero-order valence-electron chi connectivity index (χ0n) is 10.7. The molecule has 0 radical (unpaired) electrons. The predicted octanol–water partition coefficient (Wildman–Crippen LogP) is 3.46. The highest BCUT2D eigenvalue weighted by molar-refractivity contribution is 7.90. The third-order valence-corrected chi connectivity index (χ3v) is 4.32. The summed E-state index contributed by atoms with van der Waals surface area (Å²) in [6.07, 6.45) is 1.00. The molecule has 0 saturated carbocycles. The monoisotopic (exact) mass is 342 g/mol. The van der Waals surface area contributed by atoms with Crippen molar-refractivity contribution >= 4 is 33.0 Å². The minimum atomic E-state index is -3.53. The van der Waals surface area contributed by atoms with Gasteiger partial charge in [0.1, 0.15) is 16.7 Å². The van der Waals surface area contributed by atoms with Gasteiger partial charge in [0.15, 0.2) is 15.5 Å². The number of nitrogens with zero attached hydrogens (tertiary/aromatic N) is 2. The minimum absolute atomic E-state index is 0.0809. The number of pyridine rings is 1. The van der Waals surface area contributed by atoms with Crippen LogP contribution in [0, 0.1) is 11.3 Å². The van der Waals surface area contributed by atoms with Crippen molar-refractivity contribution in [2.75, 3.05) is 6.26 Å². The van der Waals surface area contributed by atoms with E-state index < -0.39 is 9.84 Å². The molecule has 1 aromatic heterocycles. The summed E-state index contributed by atoms with van der Waals surface area (Å²) in [6.45, 7) is 0. The first-order valence-corrected chi connectivity index (χ1v) is 8.20. The van der Waals surface area contributed by atoms with E-state index in [9.17, 15) is 8.42 Å². The second-order valence-corrected chi connectivity index (χ2v) is 6.86. The molecule has 108 valence electrons. The maximum absolute atomic E-state index is 11.5. The standard InChI is InChI=1S/C13H8Cl2N2O3S/c1-21(18,19)12-4-5-13(17-11(12)7-16)20-8-2-3-9(14)10(15)6-8/h2-6H,1H3. The van der Waals surface area contributed by atoms with Crippen molar-refractivity contribution in [3.8, 4) is 17.7 Å². The highest BCUT2D eigenvalue weighted by atomic mass is 35.5. The number of rotatable bonds is 3. The van der Waals surface area contributed by atoms with Crippen molar-refractivity contribution in [2.45, 2.75) is 4.90 Å². The molecule has 0 saturated heterocycles. The lowest BCUT2D eigenvalue weighted by atomic mass is 10.3. The molecule has 0 unspecified atom stereocenters. The van der Waals surface area contributed by atoms with Crippen molar-refractivity contribution in [1.82, 2.24) is 4.98 Å². The fourth-order valence-electron chi connectivity index (χ4n) is 1.53. The van der Waals surface area contributed by atoms with Crippen LogP contribution in [0.25, 0.3) is 0 Å². The van der Waals surface area contributed by atoms with Gasteiger partial charge in [-0.15, -0.1) is 0 Å². The molecule has 1 heterocycles. The number of hydrogen-bond donors (Lipinski definition) is 0. The summed E-state index contributed by atoms with van der Waals surface area (Å²) in [5, 5.41) is 9.67. The largest absolute Gasteiger partial charge is 0.439 e. The SMILES string of the molecule is CS(=O)(=O)c1ccc(Oc2ccc(Cl)c(Cl)c2)nc1C#N. The summed E-state index contributed by atoms with van der Waals surface area (Å²) in [4.78, 5) is 3.72. The first kappa shape index (κ1) is 15.6. The molecule has 0 spiro atoms. The molecular formula is C13H8Cl2N2O3S. The Morgan fingerprint density at radius 1 is 1.19 bits per heavy atom. The summed E-state index contributed by atoms with van der Waals surface area (Å²) in [6, 6.07) is 8.98. The Kier molecular flexibility index (Phi) is 4.37. The quantitative estimate of drug-likeness (QED) is 0.853. The van der Waals surface area contributed by atoms with Gasteiger partial charge in [0.25, 0.3) is 0 Å². The normalized spacial score (nSPS) is 11.0. The molecule has 0 atom stereocenters. The molecule has 0 amide bonds. The van der Waals surface area contributed by atoms with E-state index in [-0.39, 0.29) is 16.5 Å². The third kappa shape index (κ3) is 3.64. The molecule has 0 aliphatic rings. The fraction of sp³-hybridized carbons (Fsp3) is 0.0769. The van der Waals surface area contributed by atoms with Crippen LogP contribution >= 0.6 is 23.2 Å². The zero-order valence-corrected chi connectivity index (χ0v) is 13.0. The van der Waals surface area contributed by atoms with Crippen LogP contribution in [0.1, 0.15) is 5.69 Å². The van der Waals surface area contributed by atoms with Crippen molar-refractivity contribution in [1.29, 1.82) is 5.26 Å². The Bertz CT molecular complexity index is 845. The number of nitriles is 1. The van der Waals surface area contributed by atoms with Gasteiger partial charge in [-0.1, -0.05) is 23.2 Å². The summed E-state index contributed by atoms with van der Waals surface area (Å²) in [7, 11) is -3.53. The Morgan fingerprint density at radius 2 is 1.90 bits per heavy atom. The minimum Gasteiger partial charge on any atom is -0.439 e. The maximum atomic E-state index is 11.5. The van der Waals surface area contributed by atoms with Crippen molar-refractivity contribution in [3.05, 3.63) is 46.1 Å². The second kappa shape index (κ2) is 5.90. The molecular weight excluding hydrogens is 335 g/mol. The predicted molar refractivity (Wildman–Crippen MR) is 78.6 cm³/mol. The number of hydrogen-bond acceptors (Lipinski definition) is 5. The van der Waals surface area contributed by atoms with Crippen LogP contribution in [0.4, 0.5) is 0 Å². The first-order chi connectivity index (χ1) is 9.81. The first-order valence-electron chi connectivity index (χ1n) is 5.55. The van der Waals surface area contributed by atoms with Gasteiger partial charge >= 0.3 is 0 Å². The Labute approximate surface area is 131 Å². The molecule has 2 aromatic rings. The molecule has 0 aliphatic carbocycles. The van der Waals surface area contributed by atoms with Gasteiger partial charge < -0.3 is 4.74 Å². The van der Waals surface area contributed by atoms with Crippen LogP contribution in [0.5, 0.6) is 11.6 Å². The Hall–Kier alpha value is -1.81. The van der Waals surface area contributed by atoms with Crippen LogP contribution in [0.2, 0.25) is 10.0 Å². The summed E-state index contributed by atoms with van der Waals surface area (Å²) in [5.41, 5.74) is -0.227. The molecule has 2 rings (SSSR count). The van der Waals surface area contributed by atoms with Crippen LogP contribution in [-0.4, -0.2) is 19.7 Å². The third-order valence-electron chi connectivity index (χ3n) is 2.45. The van der Waals surface area contributed by atoms with Gasteiger partial charge in [-0.05, 0) is 18.2 Å². The topological polar surface area (TPSA) is 80.1 Å². The highest BCUT2D eigenvalue weighted by Crippen LogP contribution is 2.29. The van der Waals surface area contributed by atoms with E-state index in [1.807, 2.05) is 0 Å². The Morgan fingerprint density at radius 3 is 2.48 bits per heavy atom. The molecule has 1 aromatic carbocycles. The Balaban J connectivity index is 2.38. The molecule has 8 heteroatoms. The number of halogens is 2. The van der Waals surface area contributed by atoms with Crippen LogP contribution in [-0.2, 0) is 9.84 Å². The smallest absolute Gasteiger partial charge is 0.220 e. The summed E-state index contributed by atoms with van der Waals surface area (Å²) >= 11 is 11.6. The lowest BCUT2D eigenvalue weighted by molar-refractivity contribution is 0.461. The molecule has 21 heavy (non-hydrogen) atoms. The van der Waals surface area contributed by atoms with Gasteiger partial charge in [-0.3, -0.25) is 0 Å². The van der Waals surface area contributed by atoms with Crippen LogP contribution < -0.4 is 4.74 Å². The van der Waals surface area contributed by atoms with E-state index in [0.717, 1.165) is 6.26 Å². The maximum Gasteiger partial charge on any atom is 0.220 e. The fourth-order valence-corrected chi connectivity index (χ4v) is 2.57. The van der Waals surface area contributed by atoms with Gasteiger partial charge in [0.05, 0.1) is 10.0 Å². The zero-order chi connectivity index (χ0) is 15.6. The van der Waals surface area contributed by atoms with E-state index in [2.05, 4.69) is 4.98 Å². The van der Waals surface area contributed by atoms with Crippen molar-refractivity contribution in [3.63, 3.8) is 0 Å². The van der Waals surface area contributed by atoms with Gasteiger partial charge in [0, 0.05) is 18.4 Å². The van der Waals surface area contributed by atoms with Gasteiger partial charge in [-0.2, -0.15) is 5.26 Å². The summed E-state index contributed by atoms with van der Waals surface area (Å²) in [5.74, 6) is 0.449. The number of ether oxygens (including phenoxy) is 1. The molecule has 0 bridgehead atoms. The van der Waals surface area contributed by atoms with Crippen molar-refractivity contribution < 1.29 is 13.2 Å². The van der Waals surface area contributed by atoms with E-state index in [4.69, 9.17) is 33.2 Å². The lowest BCUT2D eigenvalue weighted by Gasteiger charge is -2.07. The number of benzene rings is 1. The highest BCUT2D eigenvalue weighted by Gasteiger charge is 2.16. The van der Waals surface area contributed by atoms with Crippen molar-refractivity contribution in [2.24, 2.45) is 0 Å². The molecule has 5 nitrogen and oxygen atoms in total. The summed E-state index contributed by atoms with van der Waals surface area (Å²) < 4.78 is 28.4. The molecule has 0 N–H and O–H groups in total. The average Bonchev–Trinajstić information content (AvgIpc) is 2.41.